The zero-order valence-electron chi connectivity index (χ0n) is 26.4. The minimum absolute atomic E-state index is 0.733. The fraction of sp³-hybridized carbons (Fsp3) is 0.0213. The van der Waals surface area contributed by atoms with Crippen LogP contribution in [0.2, 0.25) is 0 Å². The van der Waals surface area contributed by atoms with Gasteiger partial charge in [0, 0.05) is 28.7 Å². The molecule has 224 valence electrons. The first-order valence-electron chi connectivity index (χ1n) is 16.7. The Morgan fingerprint density at radius 1 is 0.354 bits per heavy atom. The van der Waals surface area contributed by atoms with Gasteiger partial charge < -0.3 is 4.90 Å². The minimum atomic E-state index is 0.733. The van der Waals surface area contributed by atoms with Gasteiger partial charge in [-0.3, -0.25) is 0 Å². The molecule has 1 nitrogen and oxygen atoms in total. The molecule has 0 bridgehead atoms. The number of nitrogens with zero attached hydrogens (tertiary/aromatic N) is 1. The monoisotopic (exact) mass is 609 g/mol. The van der Waals surface area contributed by atoms with Crippen molar-refractivity contribution in [2.24, 2.45) is 0 Å². The summed E-state index contributed by atoms with van der Waals surface area (Å²) in [5.41, 5.74) is 6.17. The second-order valence-corrected chi connectivity index (χ2v) is 12.8. The molecular formula is C47H31N. The summed E-state index contributed by atoms with van der Waals surface area (Å²) in [6, 6.07) is 64.8. The average molecular weight is 610 g/mol. The molecule has 1 heteroatoms. The van der Waals surface area contributed by atoms with Crippen LogP contribution in [0.15, 0.2) is 176 Å². The SMILES string of the molecule is c1ccc(-c2ccccc2CN(c2ccccc2)c2cc3cccc4c5cccc6ccc7cccc(c8cccc2c8c34)c7c65)cc1. The van der Waals surface area contributed by atoms with Crippen LogP contribution in [-0.2, 0) is 6.54 Å². The van der Waals surface area contributed by atoms with Gasteiger partial charge >= 0.3 is 0 Å². The van der Waals surface area contributed by atoms with Crippen molar-refractivity contribution in [3.8, 4) is 11.1 Å². The second-order valence-electron chi connectivity index (χ2n) is 12.8. The number of hydrogen-bond donors (Lipinski definition) is 0. The smallest absolute Gasteiger partial charge is 0.0500 e. The lowest BCUT2D eigenvalue weighted by molar-refractivity contribution is 0.983. The molecule has 0 N–H and O–H groups in total. The highest BCUT2D eigenvalue weighted by atomic mass is 15.1. The molecule has 48 heavy (non-hydrogen) atoms. The normalized spacial score (nSPS) is 11.8. The first-order chi connectivity index (χ1) is 23.8. The average Bonchev–Trinajstić information content (AvgIpc) is 3.16. The Hall–Kier alpha value is -6.18. The van der Waals surface area contributed by atoms with Crippen molar-refractivity contribution in [3.05, 3.63) is 181 Å². The summed E-state index contributed by atoms with van der Waals surface area (Å²) in [5, 5.41) is 15.6. The topological polar surface area (TPSA) is 3.24 Å². The van der Waals surface area contributed by atoms with Gasteiger partial charge in [0.05, 0.1) is 0 Å². The molecule has 0 heterocycles. The van der Waals surface area contributed by atoms with E-state index in [4.69, 9.17) is 0 Å². The third kappa shape index (κ3) is 4.04. The van der Waals surface area contributed by atoms with Gasteiger partial charge in [0.25, 0.3) is 0 Å². The lowest BCUT2D eigenvalue weighted by atomic mass is 9.87. The van der Waals surface area contributed by atoms with Gasteiger partial charge in [0.1, 0.15) is 0 Å². The lowest BCUT2D eigenvalue weighted by Gasteiger charge is -2.29. The lowest BCUT2D eigenvalue weighted by Crippen LogP contribution is -2.17. The first kappa shape index (κ1) is 27.0. The Morgan fingerprint density at radius 3 is 1.52 bits per heavy atom. The minimum Gasteiger partial charge on any atom is -0.336 e. The molecule has 10 aromatic carbocycles. The van der Waals surface area contributed by atoms with E-state index in [-0.39, 0.29) is 0 Å². The van der Waals surface area contributed by atoms with Crippen molar-refractivity contribution in [3.63, 3.8) is 0 Å². The van der Waals surface area contributed by atoms with Gasteiger partial charge in [0.15, 0.2) is 0 Å². The Labute approximate surface area is 279 Å². The van der Waals surface area contributed by atoms with Gasteiger partial charge in [0.2, 0.25) is 0 Å². The van der Waals surface area contributed by atoms with Crippen molar-refractivity contribution in [1.82, 2.24) is 0 Å². The molecule has 0 spiro atoms. The van der Waals surface area contributed by atoms with E-state index in [0.717, 1.165) is 6.54 Å². The molecule has 0 aliphatic rings. The maximum absolute atomic E-state index is 2.51. The van der Waals surface area contributed by atoms with E-state index in [1.807, 2.05) is 0 Å². The van der Waals surface area contributed by atoms with Crippen molar-refractivity contribution < 1.29 is 0 Å². The van der Waals surface area contributed by atoms with Gasteiger partial charge in [-0.25, -0.2) is 0 Å². The summed E-state index contributed by atoms with van der Waals surface area (Å²) in [6.07, 6.45) is 0. The molecule has 0 atom stereocenters. The zero-order chi connectivity index (χ0) is 31.6. The van der Waals surface area contributed by atoms with E-state index in [0.29, 0.717) is 0 Å². The van der Waals surface area contributed by atoms with Crippen LogP contribution < -0.4 is 4.90 Å². The standard InChI is InChI=1S/C47H31N/c1-3-13-31(14-4-1)37-21-8-7-15-35(37)30-48(36-19-5-2-6-20-36)43-29-34-18-11-24-39-38-22-9-16-32-27-28-33-17-10-23-40(45(33)44(32)38)41-25-12-26-42(43)47(41)46(34)39/h1-29H,30H2. The molecule has 0 aromatic heterocycles. The molecular weight excluding hydrogens is 579 g/mol. The fourth-order valence-electron chi connectivity index (χ4n) is 8.16. The molecule has 0 fully saturated rings. The molecule has 0 radical (unpaired) electrons. The number of rotatable bonds is 5. The van der Waals surface area contributed by atoms with Crippen LogP contribution in [0.25, 0.3) is 75.8 Å². The van der Waals surface area contributed by atoms with E-state index in [2.05, 4.69) is 181 Å². The van der Waals surface area contributed by atoms with E-state index < -0.39 is 0 Å². The zero-order valence-corrected chi connectivity index (χ0v) is 26.4. The largest absolute Gasteiger partial charge is 0.336 e. The van der Waals surface area contributed by atoms with Crippen LogP contribution in [0.5, 0.6) is 0 Å². The quantitative estimate of drug-likeness (QED) is 0.176. The van der Waals surface area contributed by atoms with Crippen molar-refractivity contribution in [2.75, 3.05) is 4.90 Å². The predicted molar refractivity (Wildman–Crippen MR) is 207 cm³/mol. The summed E-state index contributed by atoms with van der Waals surface area (Å²) in [7, 11) is 0. The van der Waals surface area contributed by atoms with Gasteiger partial charge in [-0.15, -0.1) is 0 Å². The van der Waals surface area contributed by atoms with Crippen LogP contribution in [0.1, 0.15) is 5.56 Å². The van der Waals surface area contributed by atoms with E-state index in [1.54, 1.807) is 0 Å². The third-order valence-electron chi connectivity index (χ3n) is 10.2. The maximum atomic E-state index is 2.51. The van der Waals surface area contributed by atoms with Gasteiger partial charge in [-0.1, -0.05) is 158 Å². The molecule has 0 aliphatic heterocycles. The van der Waals surface area contributed by atoms with Gasteiger partial charge in [-0.05, 0) is 88.8 Å². The Morgan fingerprint density at radius 2 is 0.854 bits per heavy atom. The first-order valence-corrected chi connectivity index (χ1v) is 16.7. The van der Waals surface area contributed by atoms with E-state index in [1.165, 1.54) is 92.7 Å². The third-order valence-corrected chi connectivity index (χ3v) is 10.2. The molecule has 0 saturated carbocycles. The number of para-hydroxylation sites is 1. The molecule has 0 unspecified atom stereocenters. The summed E-state index contributed by atoms with van der Waals surface area (Å²) >= 11 is 0. The second kappa shape index (κ2) is 10.7. The molecule has 10 aromatic rings. The van der Waals surface area contributed by atoms with Crippen LogP contribution in [0.4, 0.5) is 11.4 Å². The Kier molecular flexibility index (Phi) is 6.01. The number of anilines is 2. The number of hydrogen-bond acceptors (Lipinski definition) is 1. The van der Waals surface area contributed by atoms with Crippen LogP contribution >= 0.6 is 0 Å². The highest BCUT2D eigenvalue weighted by molar-refractivity contribution is 6.37. The summed E-state index contributed by atoms with van der Waals surface area (Å²) in [4.78, 5) is 2.51. The van der Waals surface area contributed by atoms with Crippen LogP contribution in [0, 0.1) is 0 Å². The van der Waals surface area contributed by atoms with Crippen LogP contribution in [-0.4, -0.2) is 0 Å². The molecule has 0 amide bonds. The highest BCUT2D eigenvalue weighted by Gasteiger charge is 2.21. The van der Waals surface area contributed by atoms with E-state index in [9.17, 15) is 0 Å². The summed E-state index contributed by atoms with van der Waals surface area (Å²) in [5.74, 6) is 0. The maximum Gasteiger partial charge on any atom is 0.0500 e. The van der Waals surface area contributed by atoms with Crippen molar-refractivity contribution in [2.45, 2.75) is 6.54 Å². The van der Waals surface area contributed by atoms with Crippen LogP contribution in [0.3, 0.4) is 0 Å². The number of fused-ring (bicyclic) bond motifs is 2. The van der Waals surface area contributed by atoms with Crippen molar-refractivity contribution >= 4 is 76.0 Å². The fourth-order valence-corrected chi connectivity index (χ4v) is 8.16. The van der Waals surface area contributed by atoms with E-state index >= 15 is 0 Å². The number of benzene rings is 9. The van der Waals surface area contributed by atoms with Gasteiger partial charge in [-0.2, -0.15) is 0 Å². The predicted octanol–water partition coefficient (Wildman–Crippen LogP) is 13.0. The molecule has 0 aliphatic carbocycles. The summed E-state index contributed by atoms with van der Waals surface area (Å²) in [6.45, 7) is 0.733. The molecule has 0 saturated heterocycles. The summed E-state index contributed by atoms with van der Waals surface area (Å²) < 4.78 is 0. The highest BCUT2D eigenvalue weighted by Crippen LogP contribution is 2.46. The Balaban J connectivity index is 1.35. The Bertz CT molecular complexity index is 2800. The van der Waals surface area contributed by atoms with Crippen molar-refractivity contribution in [1.29, 1.82) is 0 Å². The molecule has 10 rings (SSSR count).